The summed E-state index contributed by atoms with van der Waals surface area (Å²) in [5.74, 6) is 0.934. The fourth-order valence-corrected chi connectivity index (χ4v) is 2.26. The quantitative estimate of drug-likeness (QED) is 0.900. The van der Waals surface area contributed by atoms with Crippen LogP contribution >= 0.6 is 15.9 Å². The average Bonchev–Trinajstić information content (AvgIpc) is 3.02. The number of halogens is 1. The minimum absolute atomic E-state index is 0.293. The first kappa shape index (κ1) is 11.9. The van der Waals surface area contributed by atoms with E-state index in [9.17, 15) is 0 Å². The standard InChI is InChI=1S/C13H18BrNO/c1-10(15)13(6-7-13)8-9-16-12-4-2-11(14)3-5-12/h2-5,10H,6-9,15H2,1H3. The summed E-state index contributed by atoms with van der Waals surface area (Å²) in [5, 5.41) is 0. The molecule has 2 N–H and O–H groups in total. The van der Waals surface area contributed by atoms with E-state index in [2.05, 4.69) is 22.9 Å². The number of ether oxygens (including phenoxy) is 1. The van der Waals surface area contributed by atoms with Crippen molar-refractivity contribution in [3.8, 4) is 5.75 Å². The fourth-order valence-electron chi connectivity index (χ4n) is 2.00. The van der Waals surface area contributed by atoms with Gasteiger partial charge in [-0.1, -0.05) is 15.9 Å². The molecular formula is C13H18BrNO. The van der Waals surface area contributed by atoms with Crippen LogP contribution in [0, 0.1) is 5.41 Å². The Morgan fingerprint density at radius 2 is 2.00 bits per heavy atom. The molecule has 0 amide bonds. The van der Waals surface area contributed by atoms with Gasteiger partial charge < -0.3 is 10.5 Å². The number of hydrogen-bond donors (Lipinski definition) is 1. The molecule has 0 heterocycles. The Morgan fingerprint density at radius 3 is 2.50 bits per heavy atom. The van der Waals surface area contributed by atoms with Gasteiger partial charge in [0.1, 0.15) is 5.75 Å². The molecule has 3 heteroatoms. The molecule has 88 valence electrons. The van der Waals surface area contributed by atoms with Crippen molar-refractivity contribution < 1.29 is 4.74 Å². The minimum atomic E-state index is 0.293. The molecule has 1 aliphatic carbocycles. The molecule has 1 atom stereocenters. The zero-order valence-corrected chi connectivity index (χ0v) is 11.2. The van der Waals surface area contributed by atoms with E-state index < -0.39 is 0 Å². The molecule has 1 aromatic carbocycles. The normalized spacial score (nSPS) is 19.2. The molecule has 0 aliphatic heterocycles. The number of benzene rings is 1. The molecule has 0 bridgehead atoms. The lowest BCUT2D eigenvalue weighted by Crippen LogP contribution is -2.29. The number of nitrogens with two attached hydrogens (primary N) is 1. The Balaban J connectivity index is 1.78. The monoisotopic (exact) mass is 283 g/mol. The fraction of sp³-hybridized carbons (Fsp3) is 0.538. The molecule has 16 heavy (non-hydrogen) atoms. The molecular weight excluding hydrogens is 266 g/mol. The second-order valence-corrected chi connectivity index (χ2v) is 5.62. The Morgan fingerprint density at radius 1 is 1.38 bits per heavy atom. The molecule has 1 unspecified atom stereocenters. The Labute approximate surface area is 105 Å². The van der Waals surface area contributed by atoms with E-state index in [4.69, 9.17) is 10.5 Å². The maximum atomic E-state index is 5.97. The predicted molar refractivity (Wildman–Crippen MR) is 69.6 cm³/mol. The van der Waals surface area contributed by atoms with Gasteiger partial charge in [0.05, 0.1) is 6.61 Å². The van der Waals surface area contributed by atoms with Gasteiger partial charge >= 0.3 is 0 Å². The van der Waals surface area contributed by atoms with Crippen LogP contribution in [0.2, 0.25) is 0 Å². The van der Waals surface area contributed by atoms with Crippen molar-refractivity contribution in [2.75, 3.05) is 6.61 Å². The maximum absolute atomic E-state index is 5.97. The maximum Gasteiger partial charge on any atom is 0.119 e. The van der Waals surface area contributed by atoms with Crippen LogP contribution < -0.4 is 10.5 Å². The largest absolute Gasteiger partial charge is 0.494 e. The highest BCUT2D eigenvalue weighted by atomic mass is 79.9. The van der Waals surface area contributed by atoms with Crippen LogP contribution in [-0.2, 0) is 0 Å². The van der Waals surface area contributed by atoms with Crippen LogP contribution in [0.1, 0.15) is 26.2 Å². The van der Waals surface area contributed by atoms with Gasteiger partial charge in [0.15, 0.2) is 0 Å². The summed E-state index contributed by atoms with van der Waals surface area (Å²) in [6.45, 7) is 2.87. The van der Waals surface area contributed by atoms with Gasteiger partial charge in [-0.15, -0.1) is 0 Å². The lowest BCUT2D eigenvalue weighted by atomic mass is 9.95. The summed E-state index contributed by atoms with van der Waals surface area (Å²) in [7, 11) is 0. The third-order valence-corrected chi connectivity index (χ3v) is 4.07. The van der Waals surface area contributed by atoms with E-state index in [1.165, 1.54) is 12.8 Å². The van der Waals surface area contributed by atoms with Crippen LogP contribution in [0.5, 0.6) is 5.75 Å². The zero-order valence-electron chi connectivity index (χ0n) is 9.58. The third-order valence-electron chi connectivity index (χ3n) is 3.54. The molecule has 0 saturated heterocycles. The van der Waals surface area contributed by atoms with E-state index in [1.807, 2.05) is 24.3 Å². The molecule has 0 radical (unpaired) electrons. The van der Waals surface area contributed by atoms with Crippen molar-refractivity contribution in [1.82, 2.24) is 0 Å². The summed E-state index contributed by atoms with van der Waals surface area (Å²) >= 11 is 3.40. The number of rotatable bonds is 5. The molecule has 1 aromatic rings. The summed E-state index contributed by atoms with van der Waals surface area (Å²) in [6, 6.07) is 8.24. The van der Waals surface area contributed by atoms with Gasteiger partial charge in [0.2, 0.25) is 0 Å². The average molecular weight is 284 g/mol. The lowest BCUT2D eigenvalue weighted by molar-refractivity contribution is 0.253. The van der Waals surface area contributed by atoms with Crippen LogP contribution in [-0.4, -0.2) is 12.6 Å². The highest BCUT2D eigenvalue weighted by Gasteiger charge is 2.45. The Bertz CT molecular complexity index is 343. The lowest BCUT2D eigenvalue weighted by Gasteiger charge is -2.19. The SMILES string of the molecule is CC(N)C1(CCOc2ccc(Br)cc2)CC1. The van der Waals surface area contributed by atoms with Crippen LogP contribution in [0.4, 0.5) is 0 Å². The Kier molecular flexibility index (Phi) is 3.55. The van der Waals surface area contributed by atoms with Gasteiger partial charge in [-0.3, -0.25) is 0 Å². The molecule has 1 fully saturated rings. The second-order valence-electron chi connectivity index (χ2n) is 4.70. The summed E-state index contributed by atoms with van der Waals surface area (Å²) < 4.78 is 6.79. The van der Waals surface area contributed by atoms with Crippen molar-refractivity contribution in [3.63, 3.8) is 0 Å². The van der Waals surface area contributed by atoms with Crippen molar-refractivity contribution in [2.45, 2.75) is 32.2 Å². The summed E-state index contributed by atoms with van der Waals surface area (Å²) in [5.41, 5.74) is 6.34. The van der Waals surface area contributed by atoms with Crippen molar-refractivity contribution in [3.05, 3.63) is 28.7 Å². The first-order chi connectivity index (χ1) is 7.62. The molecule has 2 rings (SSSR count). The Hall–Kier alpha value is -0.540. The predicted octanol–water partition coefficient (Wildman–Crippen LogP) is 3.35. The van der Waals surface area contributed by atoms with Gasteiger partial charge in [0.25, 0.3) is 0 Å². The van der Waals surface area contributed by atoms with E-state index in [1.54, 1.807) is 0 Å². The van der Waals surface area contributed by atoms with Crippen molar-refractivity contribution >= 4 is 15.9 Å². The van der Waals surface area contributed by atoms with Gasteiger partial charge in [0, 0.05) is 10.5 Å². The first-order valence-electron chi connectivity index (χ1n) is 5.76. The van der Waals surface area contributed by atoms with Crippen molar-refractivity contribution in [1.29, 1.82) is 0 Å². The van der Waals surface area contributed by atoms with E-state index >= 15 is 0 Å². The van der Waals surface area contributed by atoms with E-state index in [0.717, 1.165) is 23.2 Å². The first-order valence-corrected chi connectivity index (χ1v) is 6.56. The molecule has 1 saturated carbocycles. The van der Waals surface area contributed by atoms with Gasteiger partial charge in [-0.05, 0) is 55.9 Å². The topological polar surface area (TPSA) is 35.2 Å². The van der Waals surface area contributed by atoms with Crippen LogP contribution in [0.25, 0.3) is 0 Å². The van der Waals surface area contributed by atoms with Crippen LogP contribution in [0.3, 0.4) is 0 Å². The molecule has 0 spiro atoms. The van der Waals surface area contributed by atoms with Gasteiger partial charge in [-0.25, -0.2) is 0 Å². The highest BCUT2D eigenvalue weighted by molar-refractivity contribution is 9.10. The van der Waals surface area contributed by atoms with Gasteiger partial charge in [-0.2, -0.15) is 0 Å². The summed E-state index contributed by atoms with van der Waals surface area (Å²) in [4.78, 5) is 0. The summed E-state index contributed by atoms with van der Waals surface area (Å²) in [6.07, 6.45) is 3.59. The molecule has 0 aromatic heterocycles. The number of hydrogen-bond acceptors (Lipinski definition) is 2. The van der Waals surface area contributed by atoms with Crippen LogP contribution in [0.15, 0.2) is 28.7 Å². The minimum Gasteiger partial charge on any atom is -0.494 e. The molecule has 2 nitrogen and oxygen atoms in total. The third kappa shape index (κ3) is 2.77. The molecule has 1 aliphatic rings. The van der Waals surface area contributed by atoms with Crippen molar-refractivity contribution in [2.24, 2.45) is 11.1 Å². The smallest absolute Gasteiger partial charge is 0.119 e. The van der Waals surface area contributed by atoms with E-state index in [0.29, 0.717) is 11.5 Å². The second kappa shape index (κ2) is 4.76. The highest BCUT2D eigenvalue weighted by Crippen LogP contribution is 2.50. The van der Waals surface area contributed by atoms with E-state index in [-0.39, 0.29) is 0 Å². The zero-order chi connectivity index (χ0) is 11.6.